The van der Waals surface area contributed by atoms with Crippen LogP contribution in [0.5, 0.6) is 5.75 Å². The van der Waals surface area contributed by atoms with E-state index in [4.69, 9.17) is 4.74 Å². The maximum atomic E-state index is 13.3. The zero-order valence-corrected chi connectivity index (χ0v) is 21.0. The van der Waals surface area contributed by atoms with Crippen molar-refractivity contribution in [3.8, 4) is 5.75 Å². The first-order valence-electron chi connectivity index (χ1n) is 11.8. The molecule has 1 saturated heterocycles. The summed E-state index contributed by atoms with van der Waals surface area (Å²) in [6, 6.07) is 6.63. The Labute approximate surface area is 202 Å². The number of carbonyl (C=O) groups excluding carboxylic acids is 2. The fraction of sp³-hybridized carbons (Fsp3) is 0.444. The molecule has 1 N–H and O–H groups in total. The average molecular weight is 466 g/mol. The number of likely N-dealkylation sites (tertiary alicyclic amines) is 1. The summed E-state index contributed by atoms with van der Waals surface area (Å²) in [5.41, 5.74) is 3.00. The molecule has 2 aromatic rings. The predicted octanol–water partition coefficient (Wildman–Crippen LogP) is 4.29. The molecular weight excluding hydrogens is 430 g/mol. The minimum absolute atomic E-state index is 0.0977. The van der Waals surface area contributed by atoms with Crippen LogP contribution in [0.4, 0.5) is 0 Å². The van der Waals surface area contributed by atoms with Gasteiger partial charge in [-0.05, 0) is 60.8 Å². The van der Waals surface area contributed by atoms with Gasteiger partial charge in [0.1, 0.15) is 11.5 Å². The number of carbonyl (C=O) groups is 2. The van der Waals surface area contributed by atoms with Crippen LogP contribution in [0.3, 0.4) is 0 Å². The van der Waals surface area contributed by atoms with Gasteiger partial charge in [-0.1, -0.05) is 33.8 Å². The van der Waals surface area contributed by atoms with Gasteiger partial charge in [0, 0.05) is 31.0 Å². The Morgan fingerprint density at radius 2 is 1.94 bits per heavy atom. The van der Waals surface area contributed by atoms with Crippen LogP contribution < -0.4 is 4.74 Å². The highest BCUT2D eigenvalue weighted by Crippen LogP contribution is 2.41. The van der Waals surface area contributed by atoms with Crippen LogP contribution in [-0.2, 0) is 9.59 Å². The van der Waals surface area contributed by atoms with Crippen LogP contribution in [0.15, 0.2) is 42.2 Å². The van der Waals surface area contributed by atoms with Gasteiger partial charge < -0.3 is 19.6 Å². The fourth-order valence-corrected chi connectivity index (χ4v) is 4.51. The van der Waals surface area contributed by atoms with E-state index in [1.165, 1.54) is 0 Å². The van der Waals surface area contributed by atoms with Gasteiger partial charge in [0.2, 0.25) is 0 Å². The molecule has 1 aromatic heterocycles. The number of aryl methyl sites for hydroxylation is 1. The first-order chi connectivity index (χ1) is 16.2. The summed E-state index contributed by atoms with van der Waals surface area (Å²) >= 11 is 0. The molecule has 0 saturated carbocycles. The molecule has 0 bridgehead atoms. The third-order valence-corrected chi connectivity index (χ3v) is 6.55. The second-order valence-corrected chi connectivity index (χ2v) is 8.87. The average Bonchev–Trinajstić information content (AvgIpc) is 3.09. The van der Waals surface area contributed by atoms with Gasteiger partial charge in [0.15, 0.2) is 0 Å². The van der Waals surface area contributed by atoms with E-state index in [0.29, 0.717) is 24.2 Å². The summed E-state index contributed by atoms with van der Waals surface area (Å²) in [4.78, 5) is 34.4. The number of rotatable bonds is 9. The van der Waals surface area contributed by atoms with E-state index in [1.54, 1.807) is 30.5 Å². The van der Waals surface area contributed by atoms with Crippen LogP contribution in [0.25, 0.3) is 5.76 Å². The molecule has 34 heavy (non-hydrogen) atoms. The maximum Gasteiger partial charge on any atom is 0.295 e. The summed E-state index contributed by atoms with van der Waals surface area (Å²) in [5.74, 6) is -0.565. The van der Waals surface area contributed by atoms with Gasteiger partial charge in [-0.3, -0.25) is 14.6 Å². The first kappa shape index (κ1) is 25.4. The number of likely N-dealkylation sites (N-methyl/N-ethyl adjacent to an activating group) is 1. The molecule has 1 amide bonds. The number of nitrogens with zero attached hydrogens (tertiary/aromatic N) is 3. The Bertz CT molecular complexity index is 1070. The summed E-state index contributed by atoms with van der Waals surface area (Å²) in [6.07, 6.45) is 3.29. The number of Topliss-reactive ketones (excluding diaryl/α,β-unsaturated/α-hetero) is 1. The van der Waals surface area contributed by atoms with Crippen LogP contribution in [0.1, 0.15) is 61.9 Å². The predicted molar refractivity (Wildman–Crippen MR) is 133 cm³/mol. The molecule has 0 aliphatic carbocycles. The van der Waals surface area contributed by atoms with E-state index in [1.807, 2.05) is 39.0 Å². The highest BCUT2D eigenvalue weighted by atomic mass is 16.5. The van der Waals surface area contributed by atoms with E-state index in [0.717, 1.165) is 30.0 Å². The van der Waals surface area contributed by atoms with E-state index < -0.39 is 17.7 Å². The Morgan fingerprint density at radius 1 is 1.24 bits per heavy atom. The van der Waals surface area contributed by atoms with E-state index in [9.17, 15) is 14.7 Å². The number of aliphatic hydroxyl groups is 1. The van der Waals surface area contributed by atoms with Crippen molar-refractivity contribution in [3.05, 3.63) is 64.5 Å². The first-order valence-corrected chi connectivity index (χ1v) is 11.8. The standard InChI is InChI=1S/C27H35N3O4/c1-7-29(8-2)12-13-30-24(19-10-9-11-28-16-19)23(26(32)27(30)33)25(31)21-15-20(17(3)4)22(34-6)14-18(21)5/h9-11,14-17,24,31H,7-8,12-13H2,1-6H3/b25-23+. The molecule has 1 aromatic carbocycles. The molecule has 1 atom stereocenters. The van der Waals surface area contributed by atoms with Crippen molar-refractivity contribution in [2.75, 3.05) is 33.3 Å². The van der Waals surface area contributed by atoms with Crippen molar-refractivity contribution < 1.29 is 19.4 Å². The van der Waals surface area contributed by atoms with Crippen molar-refractivity contribution in [1.82, 2.24) is 14.8 Å². The summed E-state index contributed by atoms with van der Waals surface area (Å²) in [5, 5.41) is 11.5. The molecule has 182 valence electrons. The van der Waals surface area contributed by atoms with Crippen molar-refractivity contribution in [2.24, 2.45) is 0 Å². The molecule has 1 fully saturated rings. The number of pyridine rings is 1. The second-order valence-electron chi connectivity index (χ2n) is 8.87. The molecular formula is C27H35N3O4. The van der Waals surface area contributed by atoms with Crippen molar-refractivity contribution in [1.29, 1.82) is 0 Å². The van der Waals surface area contributed by atoms with Gasteiger partial charge in [0.05, 0.1) is 18.7 Å². The molecule has 7 heteroatoms. The summed E-state index contributed by atoms with van der Waals surface area (Å²) in [6.45, 7) is 12.8. The second kappa shape index (κ2) is 10.8. The minimum Gasteiger partial charge on any atom is -0.507 e. The molecule has 1 aliphatic rings. The number of hydrogen-bond acceptors (Lipinski definition) is 6. The monoisotopic (exact) mass is 465 g/mol. The molecule has 7 nitrogen and oxygen atoms in total. The summed E-state index contributed by atoms with van der Waals surface area (Å²) in [7, 11) is 1.62. The lowest BCUT2D eigenvalue weighted by molar-refractivity contribution is -0.140. The molecule has 3 rings (SSSR count). The SMILES string of the molecule is CCN(CC)CCN1C(=O)C(=O)/C(=C(/O)c2cc(C(C)C)c(OC)cc2C)C1c1cccnc1. The van der Waals surface area contributed by atoms with E-state index in [2.05, 4.69) is 23.7 Å². The number of methoxy groups -OCH3 is 1. The van der Waals surface area contributed by atoms with Gasteiger partial charge >= 0.3 is 0 Å². The highest BCUT2D eigenvalue weighted by molar-refractivity contribution is 6.46. The number of benzene rings is 1. The Balaban J connectivity index is 2.17. The zero-order chi connectivity index (χ0) is 25.0. The van der Waals surface area contributed by atoms with Gasteiger partial charge in [0.25, 0.3) is 11.7 Å². The normalized spacial score (nSPS) is 17.8. The lowest BCUT2D eigenvalue weighted by Crippen LogP contribution is -2.38. The fourth-order valence-electron chi connectivity index (χ4n) is 4.51. The molecule has 1 unspecified atom stereocenters. The van der Waals surface area contributed by atoms with Crippen LogP contribution in [0, 0.1) is 6.92 Å². The lowest BCUT2D eigenvalue weighted by Gasteiger charge is -2.28. The number of ketones is 1. The Hall–Kier alpha value is -3.19. The number of aliphatic hydroxyl groups excluding tert-OH is 1. The van der Waals surface area contributed by atoms with Crippen LogP contribution in [0.2, 0.25) is 0 Å². The molecule has 2 heterocycles. The van der Waals surface area contributed by atoms with Crippen molar-refractivity contribution >= 4 is 17.4 Å². The van der Waals surface area contributed by atoms with Crippen LogP contribution >= 0.6 is 0 Å². The Morgan fingerprint density at radius 3 is 2.50 bits per heavy atom. The molecule has 1 aliphatic heterocycles. The largest absolute Gasteiger partial charge is 0.507 e. The number of hydrogen-bond donors (Lipinski definition) is 1. The van der Waals surface area contributed by atoms with Crippen molar-refractivity contribution in [2.45, 2.75) is 46.6 Å². The van der Waals surface area contributed by atoms with Gasteiger partial charge in [-0.15, -0.1) is 0 Å². The summed E-state index contributed by atoms with van der Waals surface area (Å²) < 4.78 is 5.53. The number of aromatic nitrogens is 1. The van der Waals surface area contributed by atoms with Gasteiger partial charge in [-0.2, -0.15) is 0 Å². The van der Waals surface area contributed by atoms with Crippen molar-refractivity contribution in [3.63, 3.8) is 0 Å². The molecule has 0 radical (unpaired) electrons. The third kappa shape index (κ3) is 4.85. The van der Waals surface area contributed by atoms with Gasteiger partial charge in [-0.25, -0.2) is 0 Å². The van der Waals surface area contributed by atoms with E-state index >= 15 is 0 Å². The minimum atomic E-state index is -0.701. The highest BCUT2D eigenvalue weighted by Gasteiger charge is 2.46. The number of amides is 1. The quantitative estimate of drug-likeness (QED) is 0.338. The number of ether oxygens (including phenoxy) is 1. The molecule has 0 spiro atoms. The zero-order valence-electron chi connectivity index (χ0n) is 21.0. The topological polar surface area (TPSA) is 83.0 Å². The smallest absolute Gasteiger partial charge is 0.295 e. The van der Waals surface area contributed by atoms with Crippen LogP contribution in [-0.4, -0.2) is 64.9 Å². The lowest BCUT2D eigenvalue weighted by atomic mass is 9.91. The Kier molecular flexibility index (Phi) is 8.10. The third-order valence-electron chi connectivity index (χ3n) is 6.55. The maximum absolute atomic E-state index is 13.3. The van der Waals surface area contributed by atoms with E-state index in [-0.39, 0.29) is 17.3 Å².